The average Bonchev–Trinajstić information content (AvgIpc) is 3.28. The van der Waals surface area contributed by atoms with Gasteiger partial charge in [-0.2, -0.15) is 18.3 Å². The van der Waals surface area contributed by atoms with E-state index in [4.69, 9.17) is 0 Å². The summed E-state index contributed by atoms with van der Waals surface area (Å²) in [7, 11) is 0. The summed E-state index contributed by atoms with van der Waals surface area (Å²) >= 11 is 0. The smallest absolute Gasteiger partial charge is 0.396 e. The molecule has 2 unspecified atom stereocenters. The van der Waals surface area contributed by atoms with E-state index in [1.165, 1.54) is 30.3 Å². The second-order valence-corrected chi connectivity index (χ2v) is 9.04. The van der Waals surface area contributed by atoms with Gasteiger partial charge < -0.3 is 10.0 Å². The van der Waals surface area contributed by atoms with E-state index in [1.807, 2.05) is 6.07 Å². The van der Waals surface area contributed by atoms with Gasteiger partial charge in [-0.15, -0.1) is 0 Å². The van der Waals surface area contributed by atoms with Gasteiger partial charge in [-0.1, -0.05) is 42.5 Å². The number of benzene rings is 3. The van der Waals surface area contributed by atoms with Crippen LogP contribution < -0.4 is 4.90 Å². The van der Waals surface area contributed by atoms with Crippen LogP contribution in [-0.2, 0) is 6.18 Å². The van der Waals surface area contributed by atoms with Crippen molar-refractivity contribution < 1.29 is 27.1 Å². The molecule has 4 nitrogen and oxygen atoms in total. The predicted octanol–water partition coefficient (Wildman–Crippen LogP) is 6.59. The van der Waals surface area contributed by atoms with Crippen LogP contribution in [0.15, 0.2) is 66.7 Å². The van der Waals surface area contributed by atoms with E-state index >= 15 is 4.39 Å². The molecular weight excluding hydrogens is 477 g/mol. The molecule has 1 aliphatic heterocycles. The molecule has 0 bridgehead atoms. The fraction of sp³-hybridized carbons (Fsp3) is 0.296. The molecule has 0 amide bonds. The van der Waals surface area contributed by atoms with E-state index < -0.39 is 29.4 Å². The third-order valence-electron chi connectivity index (χ3n) is 6.67. The third kappa shape index (κ3) is 4.43. The molecule has 188 valence electrons. The summed E-state index contributed by atoms with van der Waals surface area (Å²) in [6.07, 6.45) is -5.04. The zero-order chi connectivity index (χ0) is 25.4. The molecule has 36 heavy (non-hydrogen) atoms. The topological polar surface area (TPSA) is 41.3 Å². The number of alkyl halides is 4. The molecule has 4 aromatic rings. The van der Waals surface area contributed by atoms with E-state index in [0.29, 0.717) is 12.1 Å². The zero-order valence-corrected chi connectivity index (χ0v) is 19.2. The summed E-state index contributed by atoms with van der Waals surface area (Å²) in [6, 6.07) is 15.9. The Balaban J connectivity index is 1.70. The highest BCUT2D eigenvalue weighted by molar-refractivity contribution is 5.96. The van der Waals surface area contributed by atoms with Crippen molar-refractivity contribution in [3.63, 3.8) is 0 Å². The summed E-state index contributed by atoms with van der Waals surface area (Å²) in [5, 5.41) is 13.8. The number of aliphatic hydroxyl groups excluding tert-OH is 1. The van der Waals surface area contributed by atoms with Gasteiger partial charge >= 0.3 is 6.18 Å². The van der Waals surface area contributed by atoms with Gasteiger partial charge in [0.1, 0.15) is 11.3 Å². The maximum Gasteiger partial charge on any atom is 0.418 e. The van der Waals surface area contributed by atoms with E-state index in [2.05, 4.69) is 10.00 Å². The normalized spacial score (nSPS) is 17.5. The Hall–Kier alpha value is -3.46. The molecule has 0 radical (unpaired) electrons. The maximum atomic E-state index is 15.8. The molecule has 0 aliphatic carbocycles. The number of rotatable bonds is 5. The Labute approximate surface area is 204 Å². The third-order valence-corrected chi connectivity index (χ3v) is 6.67. The van der Waals surface area contributed by atoms with Gasteiger partial charge in [-0.05, 0) is 43.0 Å². The van der Waals surface area contributed by atoms with Gasteiger partial charge in [0.25, 0.3) is 0 Å². The average molecular weight is 501 g/mol. The lowest BCUT2D eigenvalue weighted by atomic mass is 9.98. The molecule has 1 fully saturated rings. The Kier molecular flexibility index (Phi) is 6.42. The van der Waals surface area contributed by atoms with Crippen molar-refractivity contribution in [2.45, 2.75) is 25.3 Å². The molecule has 1 N–H and O–H groups in total. The molecule has 1 aromatic heterocycles. The fourth-order valence-corrected chi connectivity index (χ4v) is 4.90. The number of nitrogens with zero attached hydrogens (tertiary/aromatic N) is 3. The van der Waals surface area contributed by atoms with Gasteiger partial charge in [-0.3, -0.25) is 0 Å². The number of aromatic nitrogens is 2. The van der Waals surface area contributed by atoms with Crippen LogP contribution >= 0.6 is 0 Å². The first-order valence-corrected chi connectivity index (χ1v) is 11.7. The lowest BCUT2D eigenvalue weighted by Crippen LogP contribution is -2.36. The van der Waals surface area contributed by atoms with Gasteiger partial charge in [0.15, 0.2) is 0 Å². The van der Waals surface area contributed by atoms with Crippen molar-refractivity contribution in [1.82, 2.24) is 9.78 Å². The van der Waals surface area contributed by atoms with Crippen molar-refractivity contribution in [2.24, 2.45) is 5.92 Å². The summed E-state index contributed by atoms with van der Waals surface area (Å²) < 4.78 is 72.5. The molecule has 2 atom stereocenters. The van der Waals surface area contributed by atoms with Crippen molar-refractivity contribution in [3.05, 3.63) is 83.7 Å². The second kappa shape index (κ2) is 9.54. The first-order valence-electron chi connectivity index (χ1n) is 11.7. The molecule has 1 aliphatic rings. The number of aliphatic hydroxyl groups is 1. The largest absolute Gasteiger partial charge is 0.418 e. The minimum absolute atomic E-state index is 0.0694. The van der Waals surface area contributed by atoms with Crippen molar-refractivity contribution in [1.29, 1.82) is 0 Å². The number of halogens is 5. The second-order valence-electron chi connectivity index (χ2n) is 9.04. The first-order chi connectivity index (χ1) is 17.3. The van der Waals surface area contributed by atoms with Gasteiger partial charge in [0.05, 0.1) is 11.3 Å². The quantitative estimate of drug-likeness (QED) is 0.314. The lowest BCUT2D eigenvalue weighted by Gasteiger charge is -2.33. The molecule has 5 rings (SSSR count). The Morgan fingerprint density at radius 3 is 2.56 bits per heavy atom. The molecule has 9 heteroatoms. The summed E-state index contributed by atoms with van der Waals surface area (Å²) in [6.45, 7) is 1.47. The van der Waals surface area contributed by atoms with E-state index in [9.17, 15) is 22.7 Å². The van der Waals surface area contributed by atoms with Crippen molar-refractivity contribution in [2.75, 3.05) is 24.6 Å². The molecule has 2 heterocycles. The summed E-state index contributed by atoms with van der Waals surface area (Å²) in [4.78, 5) is 2.10. The highest BCUT2D eigenvalue weighted by atomic mass is 19.4. The SMILES string of the molecule is OCC1CCCN(c2cccc(-c3c4cccc(C(F)(F)F)c4nn3C(F)c3ccccc3F)c2)C1. The van der Waals surface area contributed by atoms with Crippen LogP contribution in [0.2, 0.25) is 0 Å². The number of hydrogen-bond donors (Lipinski definition) is 1. The van der Waals surface area contributed by atoms with Crippen LogP contribution in [0.3, 0.4) is 0 Å². The van der Waals surface area contributed by atoms with Crippen molar-refractivity contribution in [3.8, 4) is 11.3 Å². The van der Waals surface area contributed by atoms with Crippen molar-refractivity contribution >= 4 is 16.6 Å². The minimum Gasteiger partial charge on any atom is -0.396 e. The minimum atomic E-state index is -4.70. The Bertz CT molecular complexity index is 1380. The predicted molar refractivity (Wildman–Crippen MR) is 128 cm³/mol. The number of hydrogen-bond acceptors (Lipinski definition) is 3. The lowest BCUT2D eigenvalue weighted by molar-refractivity contribution is -0.136. The summed E-state index contributed by atoms with van der Waals surface area (Å²) in [5.41, 5.74) is -0.316. The van der Waals surface area contributed by atoms with Crippen LogP contribution in [-0.4, -0.2) is 34.6 Å². The number of piperidine rings is 1. The van der Waals surface area contributed by atoms with Crippen LogP contribution in [0.5, 0.6) is 0 Å². The molecule has 1 saturated heterocycles. The van der Waals surface area contributed by atoms with E-state index in [0.717, 1.165) is 41.9 Å². The molecule has 0 spiro atoms. The van der Waals surface area contributed by atoms with Crippen LogP contribution in [0.25, 0.3) is 22.2 Å². The zero-order valence-electron chi connectivity index (χ0n) is 19.2. The molecule has 0 saturated carbocycles. The first kappa shape index (κ1) is 24.2. The van der Waals surface area contributed by atoms with Gasteiger partial charge in [-0.25, -0.2) is 13.5 Å². The maximum absolute atomic E-state index is 15.8. The van der Waals surface area contributed by atoms with E-state index in [-0.39, 0.29) is 29.2 Å². The highest BCUT2D eigenvalue weighted by Gasteiger charge is 2.35. The van der Waals surface area contributed by atoms with Crippen LogP contribution in [0, 0.1) is 11.7 Å². The Morgan fingerprint density at radius 1 is 1.03 bits per heavy atom. The number of anilines is 1. The molecular formula is C27H24F5N3O. The summed E-state index contributed by atoms with van der Waals surface area (Å²) in [5.74, 6) is -0.692. The monoisotopic (exact) mass is 501 g/mol. The number of fused-ring (bicyclic) bond motifs is 1. The van der Waals surface area contributed by atoms with Gasteiger partial charge in [0, 0.05) is 41.9 Å². The fourth-order valence-electron chi connectivity index (χ4n) is 4.90. The van der Waals surface area contributed by atoms with E-state index in [1.54, 1.807) is 18.2 Å². The van der Waals surface area contributed by atoms with Gasteiger partial charge in [0.2, 0.25) is 6.30 Å². The van der Waals surface area contributed by atoms with Crippen LogP contribution in [0.1, 0.15) is 30.3 Å². The van der Waals surface area contributed by atoms with Crippen LogP contribution in [0.4, 0.5) is 27.6 Å². The molecule has 3 aromatic carbocycles. The standard InChI is InChI=1S/C27H24F5N3O/c28-23-12-2-1-9-20(23)26(29)35-25(21-10-4-11-22(24(21)33-35)27(30,31)32)18-7-3-8-19(14-18)34-13-5-6-17(15-34)16-36/h1-4,7-12,14,17,26,36H,5-6,13,15-16H2. The Morgan fingerprint density at radius 2 is 1.81 bits per heavy atom. The highest BCUT2D eigenvalue weighted by Crippen LogP contribution is 2.41.